The molecule has 2 N–H and O–H groups in total. The standard InChI is InChI=1S/C25H28N2O4.C5H8N2O/c1-4-16(5-2)21-20(23(29)25(31)27(21)19-10-8-7-9-11-19)22(28)17-12-14-18(15-13-17)24(30)26-6-3;1-3-5-6-4(2)8-7-5/h7-16,21,28H,4-6H2,1-3H3,(H,26,30);3H2,1-2H3/b22-20-;. The van der Waals surface area contributed by atoms with Crippen LogP contribution in [0.4, 0.5) is 5.69 Å². The third-order valence-electron chi connectivity index (χ3n) is 6.66. The van der Waals surface area contributed by atoms with Crippen LogP contribution < -0.4 is 10.2 Å². The molecule has 1 aliphatic rings. The van der Waals surface area contributed by atoms with E-state index in [2.05, 4.69) is 15.5 Å². The van der Waals surface area contributed by atoms with E-state index >= 15 is 0 Å². The van der Waals surface area contributed by atoms with E-state index in [0.717, 1.165) is 25.1 Å². The van der Waals surface area contributed by atoms with Crippen LogP contribution in [-0.4, -0.2) is 45.4 Å². The Kier molecular flexibility index (Phi) is 10.1. The van der Waals surface area contributed by atoms with Crippen molar-refractivity contribution in [1.29, 1.82) is 0 Å². The van der Waals surface area contributed by atoms with Crippen LogP contribution in [0, 0.1) is 12.8 Å². The number of aromatic nitrogens is 2. The van der Waals surface area contributed by atoms with E-state index in [9.17, 15) is 19.5 Å². The second kappa shape index (κ2) is 13.5. The number of nitrogens with one attached hydrogen (secondary N) is 1. The second-order valence-electron chi connectivity index (χ2n) is 9.14. The molecule has 0 aliphatic carbocycles. The van der Waals surface area contributed by atoms with Gasteiger partial charge >= 0.3 is 0 Å². The largest absolute Gasteiger partial charge is 0.507 e. The first-order chi connectivity index (χ1) is 18.8. The molecule has 1 fully saturated rings. The Morgan fingerprint density at radius 2 is 1.62 bits per heavy atom. The molecule has 39 heavy (non-hydrogen) atoms. The van der Waals surface area contributed by atoms with Crippen molar-refractivity contribution in [3.05, 3.63) is 83.0 Å². The fourth-order valence-corrected chi connectivity index (χ4v) is 4.59. The first-order valence-corrected chi connectivity index (χ1v) is 13.3. The van der Waals surface area contributed by atoms with Gasteiger partial charge in [-0.15, -0.1) is 0 Å². The van der Waals surface area contributed by atoms with Crippen LogP contribution in [0.5, 0.6) is 0 Å². The van der Waals surface area contributed by atoms with Crippen molar-refractivity contribution in [1.82, 2.24) is 15.5 Å². The number of nitrogens with zero attached hydrogens (tertiary/aromatic N) is 3. The fraction of sp³-hybridized carbons (Fsp3) is 0.367. The molecule has 9 nitrogen and oxygen atoms in total. The quantitative estimate of drug-likeness (QED) is 0.236. The van der Waals surface area contributed by atoms with Crippen LogP contribution in [0.2, 0.25) is 0 Å². The molecule has 0 bridgehead atoms. The number of Topliss-reactive ketones (excluding diaryl/α,β-unsaturated/α-hetero) is 1. The summed E-state index contributed by atoms with van der Waals surface area (Å²) in [4.78, 5) is 43.5. The zero-order valence-electron chi connectivity index (χ0n) is 23.1. The number of carbonyl (C=O) groups is 3. The number of aliphatic hydroxyl groups excluding tert-OH is 1. The molecule has 1 saturated heterocycles. The van der Waals surface area contributed by atoms with Crippen molar-refractivity contribution in [2.45, 2.75) is 59.9 Å². The summed E-state index contributed by atoms with van der Waals surface area (Å²) in [7, 11) is 0. The van der Waals surface area contributed by atoms with E-state index in [1.165, 1.54) is 4.90 Å². The minimum Gasteiger partial charge on any atom is -0.507 e. The average molecular weight is 533 g/mol. The van der Waals surface area contributed by atoms with Gasteiger partial charge in [0.15, 0.2) is 5.82 Å². The predicted octanol–water partition coefficient (Wildman–Crippen LogP) is 5.07. The molecule has 1 unspecified atom stereocenters. The molecule has 1 aromatic heterocycles. The van der Waals surface area contributed by atoms with Crippen molar-refractivity contribution in [3.63, 3.8) is 0 Å². The Morgan fingerprint density at radius 3 is 2.10 bits per heavy atom. The van der Waals surface area contributed by atoms with Gasteiger partial charge in [0.1, 0.15) is 5.76 Å². The smallest absolute Gasteiger partial charge is 0.299 e. The predicted molar refractivity (Wildman–Crippen MR) is 149 cm³/mol. The lowest BCUT2D eigenvalue weighted by molar-refractivity contribution is -0.132. The summed E-state index contributed by atoms with van der Waals surface area (Å²) in [5.74, 6) is -0.323. The van der Waals surface area contributed by atoms with E-state index in [-0.39, 0.29) is 23.2 Å². The maximum atomic E-state index is 13.0. The van der Waals surface area contributed by atoms with Gasteiger partial charge in [0.2, 0.25) is 5.89 Å². The van der Waals surface area contributed by atoms with Crippen LogP contribution in [0.15, 0.2) is 64.7 Å². The molecule has 0 spiro atoms. The van der Waals surface area contributed by atoms with E-state index in [1.54, 1.807) is 43.3 Å². The lowest BCUT2D eigenvalue weighted by Gasteiger charge is -2.31. The molecule has 9 heteroatoms. The third kappa shape index (κ3) is 6.60. The zero-order chi connectivity index (χ0) is 28.5. The van der Waals surface area contributed by atoms with E-state index in [4.69, 9.17) is 4.52 Å². The lowest BCUT2D eigenvalue weighted by atomic mass is 9.87. The summed E-state index contributed by atoms with van der Waals surface area (Å²) in [6.45, 7) is 10.2. The van der Waals surface area contributed by atoms with Gasteiger partial charge in [-0.3, -0.25) is 19.3 Å². The van der Waals surface area contributed by atoms with Gasteiger partial charge < -0.3 is 14.9 Å². The minimum absolute atomic E-state index is 0.00219. The van der Waals surface area contributed by atoms with Gasteiger partial charge in [-0.05, 0) is 37.1 Å². The van der Waals surface area contributed by atoms with Gasteiger partial charge in [-0.25, -0.2) is 0 Å². The van der Waals surface area contributed by atoms with Crippen LogP contribution in [0.3, 0.4) is 0 Å². The number of hydrogen-bond acceptors (Lipinski definition) is 7. The number of ketones is 1. The first kappa shape index (κ1) is 29.3. The zero-order valence-corrected chi connectivity index (χ0v) is 23.1. The number of benzene rings is 2. The highest BCUT2D eigenvalue weighted by Gasteiger charge is 2.48. The lowest BCUT2D eigenvalue weighted by Crippen LogP contribution is -2.39. The number of hydrogen-bond donors (Lipinski definition) is 2. The van der Waals surface area contributed by atoms with Crippen molar-refractivity contribution in [3.8, 4) is 0 Å². The van der Waals surface area contributed by atoms with Gasteiger partial charge in [0.05, 0.1) is 11.6 Å². The third-order valence-corrected chi connectivity index (χ3v) is 6.66. The van der Waals surface area contributed by atoms with E-state index in [0.29, 0.717) is 29.2 Å². The molecular formula is C30H36N4O5. The van der Waals surface area contributed by atoms with Crippen molar-refractivity contribution < 1.29 is 24.0 Å². The van der Waals surface area contributed by atoms with Gasteiger partial charge in [0, 0.05) is 36.7 Å². The number of aliphatic hydroxyl groups is 1. The summed E-state index contributed by atoms with van der Waals surface area (Å²) < 4.78 is 4.69. The van der Waals surface area contributed by atoms with Crippen LogP contribution in [-0.2, 0) is 16.0 Å². The van der Waals surface area contributed by atoms with Crippen molar-refractivity contribution >= 4 is 29.0 Å². The van der Waals surface area contributed by atoms with Crippen molar-refractivity contribution in [2.24, 2.45) is 5.92 Å². The second-order valence-corrected chi connectivity index (χ2v) is 9.14. The fourth-order valence-electron chi connectivity index (χ4n) is 4.59. The number of carbonyl (C=O) groups excluding carboxylic acids is 3. The highest BCUT2D eigenvalue weighted by molar-refractivity contribution is 6.51. The number of amides is 2. The Hall–Kier alpha value is -4.27. The molecule has 1 aliphatic heterocycles. The molecule has 3 aromatic rings. The van der Waals surface area contributed by atoms with Gasteiger partial charge in [-0.1, -0.05) is 69.1 Å². The van der Waals surface area contributed by atoms with Crippen LogP contribution >= 0.6 is 0 Å². The van der Waals surface area contributed by atoms with Crippen LogP contribution in [0.1, 0.15) is 68.2 Å². The molecule has 2 aromatic carbocycles. The number of anilines is 1. The molecular weight excluding hydrogens is 496 g/mol. The molecule has 1 atom stereocenters. The Morgan fingerprint density at radius 1 is 1.00 bits per heavy atom. The number of aryl methyl sites for hydroxylation is 2. The molecule has 2 amide bonds. The topological polar surface area (TPSA) is 126 Å². The minimum atomic E-state index is -0.689. The maximum Gasteiger partial charge on any atom is 0.299 e. The van der Waals surface area contributed by atoms with Crippen LogP contribution in [0.25, 0.3) is 5.76 Å². The Bertz CT molecular complexity index is 1310. The highest BCUT2D eigenvalue weighted by atomic mass is 16.5. The van der Waals surface area contributed by atoms with E-state index < -0.39 is 17.7 Å². The summed E-state index contributed by atoms with van der Waals surface area (Å²) in [6, 6.07) is 14.9. The normalized spacial score (nSPS) is 16.3. The van der Waals surface area contributed by atoms with E-state index in [1.807, 2.05) is 45.9 Å². The molecule has 4 rings (SSSR count). The summed E-state index contributed by atoms with van der Waals surface area (Å²) in [6.07, 6.45) is 2.34. The SMILES string of the molecule is CCNC(=O)c1ccc(/C(O)=C2/C(=O)C(=O)N(c3ccccc3)C2C(CC)CC)cc1.CCc1noc(C)n1. The summed E-state index contributed by atoms with van der Waals surface area (Å²) in [5, 5.41) is 17.5. The monoisotopic (exact) mass is 532 g/mol. The first-order valence-electron chi connectivity index (χ1n) is 13.3. The molecule has 0 radical (unpaired) electrons. The summed E-state index contributed by atoms with van der Waals surface area (Å²) >= 11 is 0. The highest BCUT2D eigenvalue weighted by Crippen LogP contribution is 2.38. The average Bonchev–Trinajstić information content (AvgIpc) is 3.50. The Balaban J connectivity index is 0.000000449. The molecule has 206 valence electrons. The van der Waals surface area contributed by atoms with Crippen molar-refractivity contribution in [2.75, 3.05) is 11.4 Å². The molecule has 2 heterocycles. The van der Waals surface area contributed by atoms with Gasteiger partial charge in [0.25, 0.3) is 17.6 Å². The number of para-hydroxylation sites is 1. The molecule has 0 saturated carbocycles. The summed E-state index contributed by atoms with van der Waals surface area (Å²) in [5.41, 5.74) is 1.61. The van der Waals surface area contributed by atoms with Gasteiger partial charge in [-0.2, -0.15) is 4.98 Å². The number of rotatable bonds is 8. The maximum absolute atomic E-state index is 13.0. The Labute approximate surface area is 228 Å².